The van der Waals surface area contributed by atoms with E-state index in [1.54, 1.807) is 4.31 Å². The average Bonchev–Trinajstić information content (AvgIpc) is 3.22. The largest absolute Gasteiger partial charge is 0.373 e. The topological polar surface area (TPSA) is 87.2 Å². The average molecular weight is 380 g/mol. The van der Waals surface area contributed by atoms with Crippen molar-refractivity contribution >= 4 is 15.8 Å². The van der Waals surface area contributed by atoms with Crippen molar-refractivity contribution in [1.82, 2.24) is 19.6 Å². The van der Waals surface area contributed by atoms with Gasteiger partial charge in [0.15, 0.2) is 0 Å². The molecule has 4 rings (SSSR count). The van der Waals surface area contributed by atoms with Gasteiger partial charge in [-0.15, -0.1) is 0 Å². The molecule has 0 amide bonds. The molecule has 7 nitrogen and oxygen atoms in total. The lowest BCUT2D eigenvalue weighted by Crippen LogP contribution is -2.43. The Balaban J connectivity index is 1.61. The highest BCUT2D eigenvalue weighted by Gasteiger charge is 2.36. The number of sulfonamides is 1. The number of anilines is 1. The Morgan fingerprint density at radius 2 is 1.92 bits per heavy atom. The summed E-state index contributed by atoms with van der Waals surface area (Å²) in [7, 11) is -1.37. The third kappa shape index (κ3) is 3.34. The second kappa shape index (κ2) is 7.40. The van der Waals surface area contributed by atoms with Crippen molar-refractivity contribution in [3.8, 4) is 0 Å². The SMILES string of the molecule is CNc1nc(C2CCCN2)nc2c1CCN(S(=O)(=O)C1CCCCC1)C2. The predicted octanol–water partition coefficient (Wildman–Crippen LogP) is 1.96. The molecule has 1 aromatic heterocycles. The van der Waals surface area contributed by atoms with E-state index in [1.165, 1.54) is 0 Å². The summed E-state index contributed by atoms with van der Waals surface area (Å²) in [4.78, 5) is 9.50. The molecule has 8 heteroatoms. The molecule has 1 aromatic rings. The summed E-state index contributed by atoms with van der Waals surface area (Å²) in [6.07, 6.45) is 7.65. The van der Waals surface area contributed by atoms with Crippen molar-refractivity contribution in [2.45, 2.75) is 69.2 Å². The van der Waals surface area contributed by atoms with Gasteiger partial charge in [0.2, 0.25) is 10.0 Å². The normalized spacial score (nSPS) is 25.2. The first-order valence-corrected chi connectivity index (χ1v) is 11.4. The van der Waals surface area contributed by atoms with E-state index in [4.69, 9.17) is 9.97 Å². The van der Waals surface area contributed by atoms with Crippen LogP contribution in [0.3, 0.4) is 0 Å². The summed E-state index contributed by atoms with van der Waals surface area (Å²) in [6.45, 7) is 1.90. The van der Waals surface area contributed by atoms with Gasteiger partial charge >= 0.3 is 0 Å². The second-order valence-electron chi connectivity index (χ2n) is 7.64. The Kier molecular flexibility index (Phi) is 5.16. The van der Waals surface area contributed by atoms with Crippen LogP contribution in [0.25, 0.3) is 0 Å². The Labute approximate surface area is 156 Å². The molecule has 144 valence electrons. The van der Waals surface area contributed by atoms with Gasteiger partial charge in [-0.05, 0) is 38.6 Å². The van der Waals surface area contributed by atoms with E-state index >= 15 is 0 Å². The van der Waals surface area contributed by atoms with Gasteiger partial charge in [0.05, 0.1) is 23.5 Å². The van der Waals surface area contributed by atoms with E-state index in [0.717, 1.165) is 74.4 Å². The van der Waals surface area contributed by atoms with Gasteiger partial charge in [0, 0.05) is 19.2 Å². The van der Waals surface area contributed by atoms with E-state index in [-0.39, 0.29) is 11.3 Å². The van der Waals surface area contributed by atoms with Gasteiger partial charge in [0.1, 0.15) is 11.6 Å². The lowest BCUT2D eigenvalue weighted by atomic mass is 10.0. The molecular weight excluding hydrogens is 350 g/mol. The van der Waals surface area contributed by atoms with Crippen LogP contribution in [0.1, 0.15) is 68.1 Å². The first-order chi connectivity index (χ1) is 12.6. The van der Waals surface area contributed by atoms with E-state index in [2.05, 4.69) is 10.6 Å². The molecule has 0 aromatic carbocycles. The Hall–Kier alpha value is -1.25. The number of aromatic nitrogens is 2. The van der Waals surface area contributed by atoms with E-state index in [9.17, 15) is 8.42 Å². The van der Waals surface area contributed by atoms with Crippen LogP contribution in [0.4, 0.5) is 5.82 Å². The summed E-state index contributed by atoms with van der Waals surface area (Å²) >= 11 is 0. The molecule has 2 fully saturated rings. The summed E-state index contributed by atoms with van der Waals surface area (Å²) < 4.78 is 27.9. The Morgan fingerprint density at radius 1 is 1.12 bits per heavy atom. The number of rotatable bonds is 4. The monoisotopic (exact) mass is 379 g/mol. The molecule has 1 aliphatic carbocycles. The standard InChI is InChI=1S/C18H29N5O2S/c1-19-17-14-9-11-23(26(24,25)13-6-3-2-4-7-13)12-16(14)21-18(22-17)15-8-5-10-20-15/h13,15,20H,2-12H2,1H3,(H,19,21,22). The van der Waals surface area contributed by atoms with Crippen LogP contribution < -0.4 is 10.6 Å². The van der Waals surface area contributed by atoms with Crippen LogP contribution in [0.15, 0.2) is 0 Å². The maximum absolute atomic E-state index is 13.1. The molecule has 0 spiro atoms. The fourth-order valence-corrected chi connectivity index (χ4v) is 6.48. The highest BCUT2D eigenvalue weighted by Crippen LogP contribution is 2.32. The lowest BCUT2D eigenvalue weighted by molar-refractivity contribution is 0.364. The van der Waals surface area contributed by atoms with Crippen molar-refractivity contribution < 1.29 is 8.42 Å². The molecule has 1 saturated carbocycles. The van der Waals surface area contributed by atoms with Crippen LogP contribution >= 0.6 is 0 Å². The lowest BCUT2D eigenvalue weighted by Gasteiger charge is -2.33. The first kappa shape index (κ1) is 18.1. The van der Waals surface area contributed by atoms with Crippen LogP contribution in [0.2, 0.25) is 0 Å². The van der Waals surface area contributed by atoms with Gasteiger partial charge in [-0.3, -0.25) is 0 Å². The highest BCUT2D eigenvalue weighted by molar-refractivity contribution is 7.89. The molecule has 1 unspecified atom stereocenters. The zero-order valence-electron chi connectivity index (χ0n) is 15.5. The molecule has 26 heavy (non-hydrogen) atoms. The second-order valence-corrected chi connectivity index (χ2v) is 9.86. The fraction of sp³-hybridized carbons (Fsp3) is 0.778. The summed E-state index contributed by atoms with van der Waals surface area (Å²) in [5, 5.41) is 6.42. The van der Waals surface area contributed by atoms with E-state index in [1.807, 2.05) is 7.05 Å². The van der Waals surface area contributed by atoms with Crippen LogP contribution in [0, 0.1) is 0 Å². The van der Waals surface area contributed by atoms with Crippen molar-refractivity contribution in [2.24, 2.45) is 0 Å². The molecule has 0 radical (unpaired) electrons. The van der Waals surface area contributed by atoms with E-state index < -0.39 is 10.0 Å². The maximum atomic E-state index is 13.1. The molecular formula is C18H29N5O2S. The molecule has 3 heterocycles. The van der Waals surface area contributed by atoms with Crippen molar-refractivity contribution in [3.63, 3.8) is 0 Å². The first-order valence-electron chi connectivity index (χ1n) is 9.89. The van der Waals surface area contributed by atoms with Crippen molar-refractivity contribution in [3.05, 3.63) is 17.1 Å². The third-order valence-electron chi connectivity index (χ3n) is 5.99. The molecule has 2 N–H and O–H groups in total. The van der Waals surface area contributed by atoms with Crippen molar-refractivity contribution in [1.29, 1.82) is 0 Å². The van der Waals surface area contributed by atoms with Crippen molar-refractivity contribution in [2.75, 3.05) is 25.5 Å². The number of hydrogen-bond donors (Lipinski definition) is 2. The number of fused-ring (bicyclic) bond motifs is 1. The Morgan fingerprint density at radius 3 is 2.62 bits per heavy atom. The summed E-state index contributed by atoms with van der Waals surface area (Å²) in [5.74, 6) is 1.65. The van der Waals surface area contributed by atoms with Crippen LogP contribution in [-0.4, -0.2) is 48.1 Å². The van der Waals surface area contributed by atoms with Gasteiger partial charge in [-0.25, -0.2) is 18.4 Å². The molecule has 1 saturated heterocycles. The predicted molar refractivity (Wildman–Crippen MR) is 101 cm³/mol. The minimum Gasteiger partial charge on any atom is -0.373 e. The zero-order valence-corrected chi connectivity index (χ0v) is 16.3. The maximum Gasteiger partial charge on any atom is 0.217 e. The minimum absolute atomic E-state index is 0.178. The summed E-state index contributed by atoms with van der Waals surface area (Å²) in [5.41, 5.74) is 1.95. The molecule has 0 bridgehead atoms. The number of hydrogen-bond acceptors (Lipinski definition) is 6. The number of nitrogens with one attached hydrogen (secondary N) is 2. The van der Waals surface area contributed by atoms with Gasteiger partial charge in [-0.2, -0.15) is 4.31 Å². The Bertz CT molecular complexity index is 755. The minimum atomic E-state index is -3.24. The summed E-state index contributed by atoms with van der Waals surface area (Å²) in [6, 6.07) is 0.178. The number of nitrogens with zero attached hydrogens (tertiary/aromatic N) is 3. The third-order valence-corrected chi connectivity index (χ3v) is 8.33. The van der Waals surface area contributed by atoms with Crippen LogP contribution in [0.5, 0.6) is 0 Å². The fourth-order valence-electron chi connectivity index (χ4n) is 4.48. The van der Waals surface area contributed by atoms with Gasteiger partial charge < -0.3 is 10.6 Å². The zero-order chi connectivity index (χ0) is 18.1. The molecule has 2 aliphatic heterocycles. The van der Waals surface area contributed by atoms with E-state index in [0.29, 0.717) is 19.5 Å². The molecule has 1 atom stereocenters. The van der Waals surface area contributed by atoms with Crippen LogP contribution in [-0.2, 0) is 23.0 Å². The van der Waals surface area contributed by atoms with Gasteiger partial charge in [0.25, 0.3) is 0 Å². The smallest absolute Gasteiger partial charge is 0.217 e. The van der Waals surface area contributed by atoms with Gasteiger partial charge in [-0.1, -0.05) is 19.3 Å². The highest BCUT2D eigenvalue weighted by atomic mass is 32.2. The molecule has 3 aliphatic rings. The quantitative estimate of drug-likeness (QED) is 0.832.